The fourth-order valence-corrected chi connectivity index (χ4v) is 4.07. The van der Waals surface area contributed by atoms with Crippen LogP contribution >= 0.6 is 0 Å². The second-order valence-corrected chi connectivity index (χ2v) is 8.16. The molecule has 1 fully saturated rings. The number of carbonyl (C=O) groups excluding carboxylic acids is 2. The summed E-state index contributed by atoms with van der Waals surface area (Å²) in [5, 5.41) is 4.92. The Kier molecular flexibility index (Phi) is 5.12. The van der Waals surface area contributed by atoms with Crippen molar-refractivity contribution in [2.45, 2.75) is 18.3 Å². The molecule has 1 amide bonds. The van der Waals surface area contributed by atoms with Gasteiger partial charge in [0.2, 0.25) is 5.91 Å². The van der Waals surface area contributed by atoms with Crippen LogP contribution in [0.15, 0.2) is 97.3 Å². The van der Waals surface area contributed by atoms with Crippen molar-refractivity contribution < 1.29 is 11.0 Å². The monoisotopic (exact) mass is 420 g/mol. The van der Waals surface area contributed by atoms with Crippen LogP contribution in [0.1, 0.15) is 35.8 Å². The van der Waals surface area contributed by atoms with Crippen molar-refractivity contribution in [3.63, 3.8) is 0 Å². The third-order valence-corrected chi connectivity index (χ3v) is 6.02. The summed E-state index contributed by atoms with van der Waals surface area (Å²) in [6.07, 6.45) is 8.55. The smallest absolute Gasteiger partial charge is 0.248 e. The average Bonchev–Trinajstić information content (AvgIpc) is 3.65. The number of nitrogens with one attached hydrogen (secondary N) is 1. The molecule has 1 aromatic heterocycles. The molecule has 0 aliphatic heterocycles. The number of anilines is 1. The zero-order chi connectivity index (χ0) is 22.0. The lowest BCUT2D eigenvalue weighted by atomic mass is 9.87. The summed E-state index contributed by atoms with van der Waals surface area (Å²) in [4.78, 5) is 29.5. The SMILES string of the molecule is O=C(/C=C/c1ccc(C(=O)C2(c3ccccc3)CC2)cc1)Nc1ccc2cnccc2c1.[HH]. The molecule has 0 bridgehead atoms. The Morgan fingerprint density at radius 1 is 0.906 bits per heavy atom. The van der Waals surface area contributed by atoms with Crippen LogP contribution in [-0.2, 0) is 10.2 Å². The zero-order valence-electron chi connectivity index (χ0n) is 17.5. The van der Waals surface area contributed by atoms with Gasteiger partial charge in [-0.3, -0.25) is 14.6 Å². The Hall–Kier alpha value is -4.05. The van der Waals surface area contributed by atoms with Crippen LogP contribution in [-0.4, -0.2) is 16.7 Å². The molecule has 1 saturated carbocycles. The lowest BCUT2D eigenvalue weighted by molar-refractivity contribution is -0.111. The Morgan fingerprint density at radius 3 is 2.44 bits per heavy atom. The number of ketones is 1. The topological polar surface area (TPSA) is 59.1 Å². The van der Waals surface area contributed by atoms with Crippen molar-refractivity contribution >= 4 is 34.2 Å². The van der Waals surface area contributed by atoms with Crippen molar-refractivity contribution in [2.75, 3.05) is 5.32 Å². The van der Waals surface area contributed by atoms with E-state index in [0.29, 0.717) is 5.56 Å². The molecule has 0 radical (unpaired) electrons. The van der Waals surface area contributed by atoms with E-state index in [0.717, 1.165) is 40.4 Å². The minimum Gasteiger partial charge on any atom is -0.322 e. The minimum atomic E-state index is -0.367. The summed E-state index contributed by atoms with van der Waals surface area (Å²) in [7, 11) is 0. The van der Waals surface area contributed by atoms with Crippen LogP contribution in [0.4, 0.5) is 5.69 Å². The number of hydrogen-bond donors (Lipinski definition) is 1. The molecule has 5 rings (SSSR count). The molecule has 0 saturated heterocycles. The van der Waals surface area contributed by atoms with E-state index in [-0.39, 0.29) is 18.5 Å². The molecule has 158 valence electrons. The Bertz CT molecular complexity index is 1330. The quantitative estimate of drug-likeness (QED) is 0.305. The molecular formula is C28H24N2O2. The summed E-state index contributed by atoms with van der Waals surface area (Å²) in [5.41, 5.74) is 3.03. The number of Topliss-reactive ketones (excluding diaryl/α,β-unsaturated/α-hetero) is 1. The average molecular weight is 421 g/mol. The van der Waals surface area contributed by atoms with Gasteiger partial charge in [-0.05, 0) is 53.6 Å². The zero-order valence-corrected chi connectivity index (χ0v) is 17.5. The van der Waals surface area contributed by atoms with Crippen LogP contribution in [0.5, 0.6) is 0 Å². The number of nitrogens with zero attached hydrogens (tertiary/aromatic N) is 1. The van der Waals surface area contributed by atoms with E-state index in [1.807, 2.05) is 78.9 Å². The van der Waals surface area contributed by atoms with E-state index >= 15 is 0 Å². The van der Waals surface area contributed by atoms with Crippen molar-refractivity contribution in [2.24, 2.45) is 0 Å². The first-order valence-electron chi connectivity index (χ1n) is 10.7. The van der Waals surface area contributed by atoms with E-state index < -0.39 is 0 Å². The predicted molar refractivity (Wildman–Crippen MR) is 130 cm³/mol. The maximum Gasteiger partial charge on any atom is 0.248 e. The fraction of sp³-hybridized carbons (Fsp3) is 0.107. The van der Waals surface area contributed by atoms with Gasteiger partial charge in [-0.25, -0.2) is 0 Å². The highest BCUT2D eigenvalue weighted by molar-refractivity contribution is 6.06. The van der Waals surface area contributed by atoms with Gasteiger partial charge in [-0.15, -0.1) is 0 Å². The van der Waals surface area contributed by atoms with Gasteiger partial charge in [0.05, 0.1) is 5.41 Å². The second kappa shape index (κ2) is 8.23. The number of aromatic nitrogens is 1. The van der Waals surface area contributed by atoms with Crippen LogP contribution in [0, 0.1) is 0 Å². The van der Waals surface area contributed by atoms with Crippen LogP contribution in [0.2, 0.25) is 0 Å². The first kappa shape index (κ1) is 19.9. The number of benzene rings is 3. The molecular weight excluding hydrogens is 396 g/mol. The van der Waals surface area contributed by atoms with Crippen LogP contribution < -0.4 is 5.32 Å². The van der Waals surface area contributed by atoms with E-state index in [1.165, 1.54) is 6.08 Å². The summed E-state index contributed by atoms with van der Waals surface area (Å²) in [6, 6.07) is 25.1. The van der Waals surface area contributed by atoms with Gasteiger partial charge >= 0.3 is 0 Å². The highest BCUT2D eigenvalue weighted by Crippen LogP contribution is 2.50. The standard InChI is InChI=1S/C28H22N2O2.H2/c31-26(30-25-12-11-23-19-29-17-14-22(23)18-25)13-8-20-6-9-21(10-7-20)27(32)28(15-16-28)24-4-2-1-3-5-24;/h1-14,17-19H,15-16H2,(H,30,31);1H/b13-8+;. The van der Waals surface area contributed by atoms with Gasteiger partial charge in [0.15, 0.2) is 5.78 Å². The molecule has 4 aromatic rings. The first-order chi connectivity index (χ1) is 15.6. The maximum absolute atomic E-state index is 13.1. The van der Waals surface area contributed by atoms with Crippen LogP contribution in [0.25, 0.3) is 16.8 Å². The van der Waals surface area contributed by atoms with E-state index in [4.69, 9.17) is 0 Å². The maximum atomic E-state index is 13.1. The van der Waals surface area contributed by atoms with E-state index in [2.05, 4.69) is 10.3 Å². The number of fused-ring (bicyclic) bond motifs is 1. The summed E-state index contributed by atoms with van der Waals surface area (Å²) in [6.45, 7) is 0. The molecule has 3 aromatic carbocycles. The molecule has 32 heavy (non-hydrogen) atoms. The van der Waals surface area contributed by atoms with Gasteiger partial charge in [0, 0.05) is 36.5 Å². The van der Waals surface area contributed by atoms with Crippen molar-refractivity contribution in [3.8, 4) is 0 Å². The molecule has 4 heteroatoms. The molecule has 1 N–H and O–H groups in total. The number of rotatable bonds is 6. The van der Waals surface area contributed by atoms with Crippen molar-refractivity contribution in [1.82, 2.24) is 4.98 Å². The van der Waals surface area contributed by atoms with Crippen molar-refractivity contribution in [1.29, 1.82) is 0 Å². The predicted octanol–water partition coefficient (Wildman–Crippen LogP) is 6.05. The Labute approximate surface area is 188 Å². The molecule has 1 aliphatic carbocycles. The number of amides is 1. The highest BCUT2D eigenvalue weighted by atomic mass is 16.1. The van der Waals surface area contributed by atoms with Gasteiger partial charge < -0.3 is 5.32 Å². The van der Waals surface area contributed by atoms with Gasteiger partial charge in [0.1, 0.15) is 0 Å². The van der Waals surface area contributed by atoms with Gasteiger partial charge in [-0.1, -0.05) is 60.7 Å². The second-order valence-electron chi connectivity index (χ2n) is 8.16. The molecule has 0 spiro atoms. The normalized spacial score (nSPS) is 14.4. The largest absolute Gasteiger partial charge is 0.322 e. The fourth-order valence-electron chi connectivity index (χ4n) is 4.07. The molecule has 0 unspecified atom stereocenters. The highest BCUT2D eigenvalue weighted by Gasteiger charge is 2.50. The number of pyridine rings is 1. The third kappa shape index (κ3) is 3.95. The minimum absolute atomic E-state index is 0. The van der Waals surface area contributed by atoms with Gasteiger partial charge in [0.25, 0.3) is 0 Å². The summed E-state index contributed by atoms with van der Waals surface area (Å²) < 4.78 is 0. The lowest BCUT2D eigenvalue weighted by Gasteiger charge is -2.14. The van der Waals surface area contributed by atoms with Crippen molar-refractivity contribution in [3.05, 3.63) is 114 Å². The number of hydrogen-bond acceptors (Lipinski definition) is 3. The number of carbonyl (C=O) groups is 2. The third-order valence-electron chi connectivity index (χ3n) is 6.02. The molecule has 1 heterocycles. The summed E-state index contributed by atoms with van der Waals surface area (Å²) in [5.74, 6) is -0.0388. The Morgan fingerprint density at radius 2 is 1.69 bits per heavy atom. The van der Waals surface area contributed by atoms with Gasteiger partial charge in [-0.2, -0.15) is 0 Å². The lowest BCUT2D eigenvalue weighted by Crippen LogP contribution is -2.20. The summed E-state index contributed by atoms with van der Waals surface area (Å²) >= 11 is 0. The Balaban J connectivity index is 0.00000259. The van der Waals surface area contributed by atoms with E-state index in [1.54, 1.807) is 18.5 Å². The molecule has 0 atom stereocenters. The molecule has 4 nitrogen and oxygen atoms in total. The molecule has 1 aliphatic rings. The first-order valence-corrected chi connectivity index (χ1v) is 10.7. The van der Waals surface area contributed by atoms with E-state index in [9.17, 15) is 9.59 Å². The van der Waals surface area contributed by atoms with Crippen LogP contribution in [0.3, 0.4) is 0 Å².